The standard InChI is InChI=1S/C14H14N4O/c1-9-12-4-3-11(14(8-15)5-6-14)7-18(12)17-13(9)16-10(2)19/h3-4,7H,5-6H2,1-2H3,(H,16,17,19). The maximum absolute atomic E-state index is 11.1. The Morgan fingerprint density at radius 1 is 1.53 bits per heavy atom. The van der Waals surface area contributed by atoms with Gasteiger partial charge in [-0.3, -0.25) is 4.79 Å². The van der Waals surface area contributed by atoms with Crippen molar-refractivity contribution in [2.24, 2.45) is 0 Å². The Bertz CT molecular complexity index is 719. The minimum absolute atomic E-state index is 0.137. The van der Waals surface area contributed by atoms with E-state index in [4.69, 9.17) is 0 Å². The lowest BCUT2D eigenvalue weighted by Gasteiger charge is -2.05. The molecule has 19 heavy (non-hydrogen) atoms. The first-order chi connectivity index (χ1) is 9.05. The number of nitrogens with one attached hydrogen (secondary N) is 1. The molecule has 2 heterocycles. The van der Waals surface area contributed by atoms with Crippen LogP contribution in [0.25, 0.3) is 5.52 Å². The second kappa shape index (κ2) is 3.82. The monoisotopic (exact) mass is 254 g/mol. The van der Waals surface area contributed by atoms with E-state index in [1.54, 1.807) is 4.52 Å². The third kappa shape index (κ3) is 1.76. The van der Waals surface area contributed by atoms with Crippen LogP contribution in [0.3, 0.4) is 0 Å². The molecule has 1 saturated carbocycles. The van der Waals surface area contributed by atoms with Gasteiger partial charge in [-0.15, -0.1) is 5.10 Å². The molecule has 0 aliphatic heterocycles. The van der Waals surface area contributed by atoms with E-state index in [9.17, 15) is 10.1 Å². The molecule has 2 aromatic heterocycles. The minimum atomic E-state index is -0.317. The molecule has 1 aliphatic carbocycles. The summed E-state index contributed by atoms with van der Waals surface area (Å²) in [5.41, 5.74) is 2.56. The molecule has 1 amide bonds. The number of rotatable bonds is 2. The molecule has 0 radical (unpaired) electrons. The molecule has 0 bridgehead atoms. The number of hydrogen-bond acceptors (Lipinski definition) is 3. The molecule has 5 heteroatoms. The van der Waals surface area contributed by atoms with Crippen LogP contribution in [0.4, 0.5) is 5.82 Å². The van der Waals surface area contributed by atoms with Crippen LogP contribution in [-0.4, -0.2) is 15.5 Å². The first-order valence-corrected chi connectivity index (χ1v) is 6.24. The van der Waals surface area contributed by atoms with Gasteiger partial charge in [0.25, 0.3) is 0 Å². The van der Waals surface area contributed by atoms with E-state index in [0.717, 1.165) is 29.5 Å². The van der Waals surface area contributed by atoms with Gasteiger partial charge in [-0.1, -0.05) is 6.07 Å². The van der Waals surface area contributed by atoms with Crippen LogP contribution in [0.15, 0.2) is 18.3 Å². The highest BCUT2D eigenvalue weighted by Crippen LogP contribution is 2.47. The molecule has 5 nitrogen and oxygen atoms in total. The van der Waals surface area contributed by atoms with Crippen molar-refractivity contribution in [3.8, 4) is 6.07 Å². The molecule has 0 unspecified atom stereocenters. The predicted molar refractivity (Wildman–Crippen MR) is 70.8 cm³/mol. The van der Waals surface area contributed by atoms with Gasteiger partial charge >= 0.3 is 0 Å². The molecule has 1 aliphatic rings. The quantitative estimate of drug-likeness (QED) is 0.892. The molecule has 2 aromatic rings. The number of aromatic nitrogens is 2. The number of aryl methyl sites for hydroxylation is 1. The summed E-state index contributed by atoms with van der Waals surface area (Å²) < 4.78 is 1.74. The number of carbonyl (C=O) groups excluding carboxylic acids is 1. The number of nitriles is 1. The largest absolute Gasteiger partial charge is 0.309 e. The number of pyridine rings is 1. The van der Waals surface area contributed by atoms with Crippen molar-refractivity contribution in [2.45, 2.75) is 32.1 Å². The Balaban J connectivity index is 2.10. The molecule has 0 spiro atoms. The highest BCUT2D eigenvalue weighted by atomic mass is 16.1. The van der Waals surface area contributed by atoms with Crippen LogP contribution in [0, 0.1) is 18.3 Å². The van der Waals surface area contributed by atoms with Gasteiger partial charge in [0.05, 0.1) is 17.0 Å². The highest BCUT2D eigenvalue weighted by Gasteiger charge is 2.45. The van der Waals surface area contributed by atoms with Crippen molar-refractivity contribution in [3.05, 3.63) is 29.5 Å². The van der Waals surface area contributed by atoms with Gasteiger partial charge < -0.3 is 5.32 Å². The zero-order chi connectivity index (χ0) is 13.6. The topological polar surface area (TPSA) is 70.2 Å². The Kier molecular flexibility index (Phi) is 2.36. The summed E-state index contributed by atoms with van der Waals surface area (Å²) in [5, 5.41) is 16.3. The first-order valence-electron chi connectivity index (χ1n) is 6.24. The molecule has 0 atom stereocenters. The number of nitrogens with zero attached hydrogens (tertiary/aromatic N) is 3. The lowest BCUT2D eigenvalue weighted by Crippen LogP contribution is -2.07. The van der Waals surface area contributed by atoms with Crippen LogP contribution in [-0.2, 0) is 10.2 Å². The predicted octanol–water partition coefficient (Wildman–Crippen LogP) is 2.16. The third-order valence-corrected chi connectivity index (χ3v) is 3.69. The number of hydrogen-bond donors (Lipinski definition) is 1. The third-order valence-electron chi connectivity index (χ3n) is 3.69. The summed E-state index contributed by atoms with van der Waals surface area (Å²) in [5.74, 6) is 0.439. The number of carbonyl (C=O) groups is 1. The first kappa shape index (κ1) is 11.7. The number of fused-ring (bicyclic) bond motifs is 1. The lowest BCUT2D eigenvalue weighted by molar-refractivity contribution is -0.114. The van der Waals surface area contributed by atoms with Gasteiger partial charge in [0.1, 0.15) is 0 Å². The van der Waals surface area contributed by atoms with Crippen molar-refractivity contribution in [2.75, 3.05) is 5.32 Å². The maximum Gasteiger partial charge on any atom is 0.222 e. The molecule has 96 valence electrons. The zero-order valence-electron chi connectivity index (χ0n) is 10.9. The van der Waals surface area contributed by atoms with Crippen molar-refractivity contribution in [1.82, 2.24) is 9.61 Å². The molecule has 3 rings (SSSR count). The van der Waals surface area contributed by atoms with Gasteiger partial charge in [0.2, 0.25) is 5.91 Å². The summed E-state index contributed by atoms with van der Waals surface area (Å²) in [6.07, 6.45) is 3.71. The fourth-order valence-corrected chi connectivity index (χ4v) is 2.33. The van der Waals surface area contributed by atoms with Crippen molar-refractivity contribution in [1.29, 1.82) is 5.26 Å². The van der Waals surface area contributed by atoms with E-state index in [-0.39, 0.29) is 11.3 Å². The fraction of sp³-hybridized carbons (Fsp3) is 0.357. The van der Waals surface area contributed by atoms with E-state index < -0.39 is 0 Å². The molecule has 0 saturated heterocycles. The summed E-state index contributed by atoms with van der Waals surface area (Å²) >= 11 is 0. The molecular weight excluding hydrogens is 240 g/mol. The average Bonchev–Trinajstić information content (AvgIpc) is 3.12. The van der Waals surface area contributed by atoms with E-state index in [1.807, 2.05) is 25.3 Å². The van der Waals surface area contributed by atoms with E-state index in [1.165, 1.54) is 6.92 Å². The number of amides is 1. The van der Waals surface area contributed by atoms with Crippen molar-refractivity contribution in [3.63, 3.8) is 0 Å². The smallest absolute Gasteiger partial charge is 0.222 e. The SMILES string of the molecule is CC(=O)Nc1nn2cc(C3(C#N)CC3)ccc2c1C. The van der Waals surface area contributed by atoms with Gasteiger partial charge in [0, 0.05) is 18.7 Å². The van der Waals surface area contributed by atoms with Crippen LogP contribution >= 0.6 is 0 Å². The zero-order valence-corrected chi connectivity index (χ0v) is 10.9. The van der Waals surface area contributed by atoms with Gasteiger partial charge in [-0.05, 0) is 31.4 Å². The minimum Gasteiger partial charge on any atom is -0.309 e. The second-order valence-corrected chi connectivity index (χ2v) is 5.10. The summed E-state index contributed by atoms with van der Waals surface area (Å²) in [4.78, 5) is 11.1. The Labute approximate surface area is 110 Å². The molecule has 0 aromatic carbocycles. The fourth-order valence-electron chi connectivity index (χ4n) is 2.33. The van der Waals surface area contributed by atoms with Crippen LogP contribution < -0.4 is 5.32 Å². The number of anilines is 1. The molecular formula is C14H14N4O. The van der Waals surface area contributed by atoms with Crippen LogP contribution in [0.5, 0.6) is 0 Å². The summed E-state index contributed by atoms with van der Waals surface area (Å²) in [6, 6.07) is 6.32. The highest BCUT2D eigenvalue weighted by molar-refractivity contribution is 5.89. The maximum atomic E-state index is 11.1. The van der Waals surface area contributed by atoms with Gasteiger partial charge in [0.15, 0.2) is 5.82 Å². The Morgan fingerprint density at radius 2 is 2.26 bits per heavy atom. The van der Waals surface area contributed by atoms with Gasteiger partial charge in [-0.25, -0.2) is 4.52 Å². The van der Waals surface area contributed by atoms with Crippen LogP contribution in [0.1, 0.15) is 30.9 Å². The Morgan fingerprint density at radius 3 is 2.84 bits per heavy atom. The lowest BCUT2D eigenvalue weighted by atomic mass is 10.00. The average molecular weight is 254 g/mol. The van der Waals surface area contributed by atoms with Crippen LogP contribution in [0.2, 0.25) is 0 Å². The van der Waals surface area contributed by atoms with Crippen molar-refractivity contribution >= 4 is 17.2 Å². The summed E-state index contributed by atoms with van der Waals surface area (Å²) in [6.45, 7) is 3.38. The Hall–Kier alpha value is -2.35. The van der Waals surface area contributed by atoms with E-state index >= 15 is 0 Å². The molecule has 1 N–H and O–H groups in total. The van der Waals surface area contributed by atoms with Gasteiger partial charge in [-0.2, -0.15) is 5.26 Å². The van der Waals surface area contributed by atoms with Crippen molar-refractivity contribution < 1.29 is 4.79 Å². The normalized spacial score (nSPS) is 16.1. The second-order valence-electron chi connectivity index (χ2n) is 5.10. The summed E-state index contributed by atoms with van der Waals surface area (Å²) in [7, 11) is 0. The van der Waals surface area contributed by atoms with E-state index in [2.05, 4.69) is 16.5 Å². The molecule has 1 fully saturated rings. The van der Waals surface area contributed by atoms with E-state index in [0.29, 0.717) is 5.82 Å².